The van der Waals surface area contributed by atoms with Gasteiger partial charge in [-0.1, -0.05) is 6.07 Å². The molecule has 0 heterocycles. The van der Waals surface area contributed by atoms with Crippen LogP contribution in [0.15, 0.2) is 48.5 Å². The van der Waals surface area contributed by atoms with Gasteiger partial charge in [-0.15, -0.1) is 0 Å². The lowest BCUT2D eigenvalue weighted by Crippen LogP contribution is -2.14. The Bertz CT molecular complexity index is 579. The molecule has 0 saturated carbocycles. The van der Waals surface area contributed by atoms with E-state index >= 15 is 0 Å². The van der Waals surface area contributed by atoms with Crippen LogP contribution in [-0.2, 0) is 0 Å². The number of halogens is 1. The highest BCUT2D eigenvalue weighted by Crippen LogP contribution is 2.15. The van der Waals surface area contributed by atoms with Gasteiger partial charge in [0.15, 0.2) is 0 Å². The minimum absolute atomic E-state index is 0.213. The third-order valence-electron chi connectivity index (χ3n) is 2.73. The first-order chi connectivity index (χ1) is 9.06. The molecule has 0 spiro atoms. The SMILES string of the molecule is CN(C)c1cccc(C(=O)Nc2ccc(F)cc2)c1. The van der Waals surface area contributed by atoms with Gasteiger partial charge in [0.05, 0.1) is 0 Å². The van der Waals surface area contributed by atoms with E-state index < -0.39 is 0 Å². The Morgan fingerprint density at radius 3 is 2.42 bits per heavy atom. The van der Waals surface area contributed by atoms with E-state index in [4.69, 9.17) is 0 Å². The van der Waals surface area contributed by atoms with E-state index in [0.717, 1.165) is 5.69 Å². The molecule has 0 saturated heterocycles. The van der Waals surface area contributed by atoms with E-state index in [1.54, 1.807) is 12.1 Å². The Kier molecular flexibility index (Phi) is 3.80. The fraction of sp³-hybridized carbons (Fsp3) is 0.133. The number of hydrogen-bond acceptors (Lipinski definition) is 2. The molecule has 2 aromatic carbocycles. The molecule has 1 amide bonds. The molecule has 98 valence electrons. The third kappa shape index (κ3) is 3.31. The molecular formula is C15H15FN2O. The zero-order valence-electron chi connectivity index (χ0n) is 10.9. The summed E-state index contributed by atoms with van der Waals surface area (Å²) in [5, 5.41) is 2.73. The van der Waals surface area contributed by atoms with E-state index in [2.05, 4.69) is 5.32 Å². The molecular weight excluding hydrogens is 243 g/mol. The van der Waals surface area contributed by atoms with Gasteiger partial charge in [-0.05, 0) is 42.5 Å². The summed E-state index contributed by atoms with van der Waals surface area (Å²) in [7, 11) is 3.83. The van der Waals surface area contributed by atoms with Crippen LogP contribution < -0.4 is 10.2 Å². The van der Waals surface area contributed by atoms with Gasteiger partial charge in [0.25, 0.3) is 5.91 Å². The van der Waals surface area contributed by atoms with Gasteiger partial charge in [-0.2, -0.15) is 0 Å². The molecule has 0 bridgehead atoms. The maximum atomic E-state index is 12.8. The molecule has 0 radical (unpaired) electrons. The van der Waals surface area contributed by atoms with Crippen LogP contribution in [0.1, 0.15) is 10.4 Å². The van der Waals surface area contributed by atoms with Gasteiger partial charge >= 0.3 is 0 Å². The van der Waals surface area contributed by atoms with Crippen molar-refractivity contribution in [2.75, 3.05) is 24.3 Å². The van der Waals surface area contributed by atoms with Crippen molar-refractivity contribution in [3.63, 3.8) is 0 Å². The zero-order valence-corrected chi connectivity index (χ0v) is 10.9. The van der Waals surface area contributed by atoms with Gasteiger partial charge in [0, 0.05) is 31.0 Å². The first-order valence-electron chi connectivity index (χ1n) is 5.90. The first-order valence-corrected chi connectivity index (χ1v) is 5.90. The number of nitrogens with one attached hydrogen (secondary N) is 1. The second kappa shape index (κ2) is 5.52. The van der Waals surface area contributed by atoms with E-state index in [0.29, 0.717) is 11.3 Å². The fourth-order valence-corrected chi connectivity index (χ4v) is 1.66. The molecule has 0 aliphatic heterocycles. The number of hydrogen-bond donors (Lipinski definition) is 1. The predicted octanol–water partition coefficient (Wildman–Crippen LogP) is 3.14. The quantitative estimate of drug-likeness (QED) is 0.917. The smallest absolute Gasteiger partial charge is 0.255 e. The summed E-state index contributed by atoms with van der Waals surface area (Å²) >= 11 is 0. The van der Waals surface area contributed by atoms with Gasteiger partial charge < -0.3 is 10.2 Å². The molecule has 0 fully saturated rings. The highest BCUT2D eigenvalue weighted by molar-refractivity contribution is 6.04. The van der Waals surface area contributed by atoms with E-state index in [-0.39, 0.29) is 11.7 Å². The summed E-state index contributed by atoms with van der Waals surface area (Å²) in [5.74, 6) is -0.539. The van der Waals surface area contributed by atoms with Crippen LogP contribution in [-0.4, -0.2) is 20.0 Å². The Hall–Kier alpha value is -2.36. The molecule has 0 atom stereocenters. The van der Waals surface area contributed by atoms with Crippen LogP contribution in [0.4, 0.5) is 15.8 Å². The van der Waals surface area contributed by atoms with E-state index in [1.165, 1.54) is 24.3 Å². The van der Waals surface area contributed by atoms with Crippen molar-refractivity contribution in [1.82, 2.24) is 0 Å². The minimum atomic E-state index is -0.326. The predicted molar refractivity (Wildman–Crippen MR) is 75.1 cm³/mol. The maximum Gasteiger partial charge on any atom is 0.255 e. The lowest BCUT2D eigenvalue weighted by Gasteiger charge is -2.13. The van der Waals surface area contributed by atoms with Crippen molar-refractivity contribution in [2.24, 2.45) is 0 Å². The number of carbonyl (C=O) groups excluding carboxylic acids is 1. The van der Waals surface area contributed by atoms with Crippen molar-refractivity contribution < 1.29 is 9.18 Å². The average molecular weight is 258 g/mol. The van der Waals surface area contributed by atoms with E-state index in [1.807, 2.05) is 31.1 Å². The average Bonchev–Trinajstić information content (AvgIpc) is 2.41. The maximum absolute atomic E-state index is 12.8. The topological polar surface area (TPSA) is 32.3 Å². The van der Waals surface area contributed by atoms with Crippen LogP contribution in [0.2, 0.25) is 0 Å². The largest absolute Gasteiger partial charge is 0.378 e. The molecule has 0 aromatic heterocycles. The van der Waals surface area contributed by atoms with Crippen molar-refractivity contribution in [3.8, 4) is 0 Å². The minimum Gasteiger partial charge on any atom is -0.378 e. The molecule has 4 heteroatoms. The highest BCUT2D eigenvalue weighted by Gasteiger charge is 2.07. The number of anilines is 2. The lowest BCUT2D eigenvalue weighted by molar-refractivity contribution is 0.102. The summed E-state index contributed by atoms with van der Waals surface area (Å²) in [4.78, 5) is 14.0. The second-order valence-corrected chi connectivity index (χ2v) is 4.41. The summed E-state index contributed by atoms with van der Waals surface area (Å²) in [6, 6.07) is 13.0. The molecule has 0 aliphatic rings. The van der Waals surface area contributed by atoms with Gasteiger partial charge in [0.1, 0.15) is 5.82 Å². The fourth-order valence-electron chi connectivity index (χ4n) is 1.66. The number of amides is 1. The van der Waals surface area contributed by atoms with Crippen molar-refractivity contribution in [3.05, 3.63) is 59.9 Å². The van der Waals surface area contributed by atoms with Crippen LogP contribution in [0, 0.1) is 5.82 Å². The first kappa shape index (κ1) is 13.1. The summed E-state index contributed by atoms with van der Waals surface area (Å²) in [6.45, 7) is 0. The normalized spacial score (nSPS) is 10.1. The molecule has 19 heavy (non-hydrogen) atoms. The molecule has 2 rings (SSSR count). The standard InChI is InChI=1S/C15H15FN2O/c1-18(2)14-5-3-4-11(10-14)15(19)17-13-8-6-12(16)7-9-13/h3-10H,1-2H3,(H,17,19). The number of nitrogens with zero attached hydrogens (tertiary/aromatic N) is 1. The zero-order chi connectivity index (χ0) is 13.8. The second-order valence-electron chi connectivity index (χ2n) is 4.41. The van der Waals surface area contributed by atoms with Crippen molar-refractivity contribution >= 4 is 17.3 Å². The monoisotopic (exact) mass is 258 g/mol. The highest BCUT2D eigenvalue weighted by atomic mass is 19.1. The Labute approximate surface area is 111 Å². The van der Waals surface area contributed by atoms with Crippen LogP contribution in [0.3, 0.4) is 0 Å². The van der Waals surface area contributed by atoms with Crippen molar-refractivity contribution in [2.45, 2.75) is 0 Å². The van der Waals surface area contributed by atoms with Gasteiger partial charge in [-0.25, -0.2) is 4.39 Å². The number of carbonyl (C=O) groups is 1. The summed E-state index contributed by atoms with van der Waals surface area (Å²) in [6.07, 6.45) is 0. The Balaban J connectivity index is 2.15. The lowest BCUT2D eigenvalue weighted by atomic mass is 10.1. The summed E-state index contributed by atoms with van der Waals surface area (Å²) < 4.78 is 12.8. The molecule has 3 nitrogen and oxygen atoms in total. The third-order valence-corrected chi connectivity index (χ3v) is 2.73. The van der Waals surface area contributed by atoms with Crippen LogP contribution >= 0.6 is 0 Å². The molecule has 1 N–H and O–H groups in total. The van der Waals surface area contributed by atoms with Crippen LogP contribution in [0.25, 0.3) is 0 Å². The molecule has 0 aliphatic carbocycles. The summed E-state index contributed by atoms with van der Waals surface area (Å²) in [5.41, 5.74) is 2.09. The Morgan fingerprint density at radius 1 is 1.11 bits per heavy atom. The van der Waals surface area contributed by atoms with Crippen LogP contribution in [0.5, 0.6) is 0 Å². The Morgan fingerprint density at radius 2 is 1.79 bits per heavy atom. The molecule has 0 unspecified atom stereocenters. The van der Waals surface area contributed by atoms with E-state index in [9.17, 15) is 9.18 Å². The number of rotatable bonds is 3. The molecule has 2 aromatic rings. The van der Waals surface area contributed by atoms with Crippen molar-refractivity contribution in [1.29, 1.82) is 0 Å². The van der Waals surface area contributed by atoms with Gasteiger partial charge in [0.2, 0.25) is 0 Å². The number of benzene rings is 2. The van der Waals surface area contributed by atoms with Gasteiger partial charge in [-0.3, -0.25) is 4.79 Å².